The van der Waals surface area contributed by atoms with E-state index >= 15 is 0 Å². The van der Waals surface area contributed by atoms with Crippen LogP contribution >= 0.6 is 0 Å². The van der Waals surface area contributed by atoms with Crippen LogP contribution in [-0.4, -0.2) is 23.0 Å². The lowest BCUT2D eigenvalue weighted by molar-refractivity contribution is 0.0837. The Balaban J connectivity index is 2.23. The molecule has 0 aliphatic rings. The van der Waals surface area contributed by atoms with Crippen LogP contribution in [0, 0.1) is 13.8 Å². The highest BCUT2D eigenvalue weighted by atomic mass is 16.5. The fourth-order valence-corrected chi connectivity index (χ4v) is 3.17. The van der Waals surface area contributed by atoms with Crippen molar-refractivity contribution in [2.45, 2.75) is 46.1 Å². The number of aromatic nitrogens is 1. The molecule has 5 N–H and O–H groups in total. The SMILES string of the molecule is C=C(N)c1c(N)cccc1OCC(CC)(CC)NC(=O)c1cc(C)nc(C)c1. The van der Waals surface area contributed by atoms with Crippen LogP contribution in [0.25, 0.3) is 5.70 Å². The molecule has 0 saturated heterocycles. The van der Waals surface area contributed by atoms with E-state index in [1.54, 1.807) is 30.3 Å². The number of aryl methyl sites for hydroxylation is 2. The van der Waals surface area contributed by atoms with Crippen LogP contribution < -0.4 is 21.5 Å². The predicted molar refractivity (Wildman–Crippen MR) is 114 cm³/mol. The molecule has 1 heterocycles. The summed E-state index contributed by atoms with van der Waals surface area (Å²) in [5, 5.41) is 3.16. The number of nitrogens with zero attached hydrogens (tertiary/aromatic N) is 1. The van der Waals surface area contributed by atoms with Crippen molar-refractivity contribution in [3.63, 3.8) is 0 Å². The topological polar surface area (TPSA) is 103 Å². The molecule has 0 radical (unpaired) electrons. The molecular formula is C22H30N4O2. The Kier molecular flexibility index (Phi) is 6.67. The second-order valence-corrected chi connectivity index (χ2v) is 7.11. The maximum absolute atomic E-state index is 12.9. The quantitative estimate of drug-likeness (QED) is 0.606. The van der Waals surface area contributed by atoms with Gasteiger partial charge in [0, 0.05) is 28.3 Å². The molecule has 0 saturated carbocycles. The smallest absolute Gasteiger partial charge is 0.251 e. The third-order valence-corrected chi connectivity index (χ3v) is 4.96. The van der Waals surface area contributed by atoms with Gasteiger partial charge in [-0.3, -0.25) is 9.78 Å². The van der Waals surface area contributed by atoms with Crippen LogP contribution in [0.4, 0.5) is 5.69 Å². The molecule has 0 aliphatic carbocycles. The van der Waals surface area contributed by atoms with Crippen LogP contribution in [0.3, 0.4) is 0 Å². The minimum absolute atomic E-state index is 0.142. The summed E-state index contributed by atoms with van der Waals surface area (Å²) >= 11 is 0. The standard InChI is InChI=1S/C22H30N4O2/c1-6-22(7-2,26-21(27)17-11-14(3)25-15(4)12-17)13-28-19-10-8-9-18(24)20(19)16(5)23/h8-12H,5-7,13,23-24H2,1-4H3,(H,26,27). The number of pyridine rings is 1. The fraction of sp³-hybridized carbons (Fsp3) is 0.364. The Hall–Kier alpha value is -3.02. The predicted octanol–water partition coefficient (Wildman–Crippen LogP) is 3.58. The van der Waals surface area contributed by atoms with E-state index in [0.717, 1.165) is 11.4 Å². The molecular weight excluding hydrogens is 352 g/mol. The van der Waals surface area contributed by atoms with Crippen LogP contribution in [-0.2, 0) is 0 Å². The van der Waals surface area contributed by atoms with Crippen LogP contribution in [0.15, 0.2) is 36.9 Å². The van der Waals surface area contributed by atoms with E-state index in [2.05, 4.69) is 16.9 Å². The highest BCUT2D eigenvalue weighted by Gasteiger charge is 2.30. The zero-order valence-electron chi connectivity index (χ0n) is 17.1. The third kappa shape index (κ3) is 4.82. The van der Waals surface area contributed by atoms with Crippen molar-refractivity contribution in [1.82, 2.24) is 10.3 Å². The monoisotopic (exact) mass is 382 g/mol. The van der Waals surface area contributed by atoms with E-state index in [0.29, 0.717) is 47.7 Å². The number of benzene rings is 1. The van der Waals surface area contributed by atoms with Gasteiger partial charge in [-0.25, -0.2) is 0 Å². The Labute approximate surface area is 167 Å². The first-order chi connectivity index (χ1) is 13.2. The van der Waals surface area contributed by atoms with Gasteiger partial charge in [0.25, 0.3) is 5.91 Å². The first kappa shape index (κ1) is 21.3. The van der Waals surface area contributed by atoms with Gasteiger partial charge in [-0.2, -0.15) is 0 Å². The van der Waals surface area contributed by atoms with Crippen LogP contribution in [0.2, 0.25) is 0 Å². The van der Waals surface area contributed by atoms with Crippen molar-refractivity contribution in [3.8, 4) is 5.75 Å². The molecule has 1 amide bonds. The highest BCUT2D eigenvalue weighted by molar-refractivity contribution is 5.95. The number of anilines is 1. The second-order valence-electron chi connectivity index (χ2n) is 7.11. The number of ether oxygens (including phenoxy) is 1. The summed E-state index contributed by atoms with van der Waals surface area (Å²) in [5.74, 6) is 0.417. The number of nitrogen functional groups attached to an aromatic ring is 1. The van der Waals surface area contributed by atoms with Gasteiger partial charge in [-0.15, -0.1) is 0 Å². The zero-order chi connectivity index (χ0) is 20.9. The summed E-state index contributed by atoms with van der Waals surface area (Å²) < 4.78 is 6.06. The Morgan fingerprint density at radius 3 is 2.36 bits per heavy atom. The summed E-state index contributed by atoms with van der Waals surface area (Å²) in [7, 11) is 0. The highest BCUT2D eigenvalue weighted by Crippen LogP contribution is 2.29. The van der Waals surface area contributed by atoms with Gasteiger partial charge in [-0.1, -0.05) is 26.5 Å². The van der Waals surface area contributed by atoms with Crippen molar-refractivity contribution in [1.29, 1.82) is 0 Å². The fourth-order valence-electron chi connectivity index (χ4n) is 3.17. The van der Waals surface area contributed by atoms with Gasteiger partial charge < -0.3 is 21.5 Å². The number of rotatable bonds is 8. The van der Waals surface area contributed by atoms with E-state index in [1.165, 1.54) is 0 Å². The summed E-state index contributed by atoms with van der Waals surface area (Å²) in [6.07, 6.45) is 1.42. The second kappa shape index (κ2) is 8.78. The molecule has 6 nitrogen and oxygen atoms in total. The molecule has 0 spiro atoms. The minimum atomic E-state index is -0.528. The molecule has 0 aliphatic heterocycles. The average Bonchev–Trinajstić information content (AvgIpc) is 2.64. The average molecular weight is 383 g/mol. The summed E-state index contributed by atoms with van der Waals surface area (Å²) in [5.41, 5.74) is 15.0. The lowest BCUT2D eigenvalue weighted by Gasteiger charge is -2.33. The van der Waals surface area contributed by atoms with E-state index in [4.69, 9.17) is 16.2 Å². The van der Waals surface area contributed by atoms with Gasteiger partial charge in [0.2, 0.25) is 0 Å². The molecule has 28 heavy (non-hydrogen) atoms. The summed E-state index contributed by atoms with van der Waals surface area (Å²) in [6.45, 7) is 11.9. The van der Waals surface area contributed by atoms with Crippen molar-refractivity contribution < 1.29 is 9.53 Å². The maximum Gasteiger partial charge on any atom is 0.251 e. The number of nitrogens with two attached hydrogens (primary N) is 2. The number of carbonyl (C=O) groups excluding carboxylic acids is 1. The lowest BCUT2D eigenvalue weighted by Crippen LogP contribution is -2.52. The van der Waals surface area contributed by atoms with Gasteiger partial charge in [0.05, 0.1) is 11.1 Å². The maximum atomic E-state index is 12.9. The van der Waals surface area contributed by atoms with Crippen molar-refractivity contribution in [2.24, 2.45) is 5.73 Å². The van der Waals surface area contributed by atoms with Gasteiger partial charge in [0.1, 0.15) is 12.4 Å². The Bertz CT molecular complexity index is 853. The van der Waals surface area contributed by atoms with Crippen LogP contribution in [0.5, 0.6) is 5.75 Å². The van der Waals surface area contributed by atoms with Crippen molar-refractivity contribution >= 4 is 17.3 Å². The zero-order valence-corrected chi connectivity index (χ0v) is 17.1. The lowest BCUT2D eigenvalue weighted by atomic mass is 9.93. The van der Waals surface area contributed by atoms with E-state index in [1.807, 2.05) is 27.7 Å². The third-order valence-electron chi connectivity index (χ3n) is 4.96. The largest absolute Gasteiger partial charge is 0.490 e. The first-order valence-corrected chi connectivity index (χ1v) is 9.45. The number of amides is 1. The first-order valence-electron chi connectivity index (χ1n) is 9.45. The molecule has 0 fully saturated rings. The summed E-state index contributed by atoms with van der Waals surface area (Å²) in [4.78, 5) is 17.2. The molecule has 0 bridgehead atoms. The molecule has 150 valence electrons. The van der Waals surface area contributed by atoms with Gasteiger partial charge >= 0.3 is 0 Å². The molecule has 1 aromatic carbocycles. The normalized spacial score (nSPS) is 11.1. The van der Waals surface area contributed by atoms with E-state index in [-0.39, 0.29) is 5.91 Å². The number of carbonyl (C=O) groups is 1. The number of hydrogen-bond donors (Lipinski definition) is 3. The number of nitrogens with one attached hydrogen (secondary N) is 1. The van der Waals surface area contributed by atoms with Crippen LogP contribution in [0.1, 0.15) is 54.0 Å². The van der Waals surface area contributed by atoms with Gasteiger partial charge in [-0.05, 0) is 51.0 Å². The summed E-state index contributed by atoms with van der Waals surface area (Å²) in [6, 6.07) is 8.93. The van der Waals surface area contributed by atoms with Gasteiger partial charge in [0.15, 0.2) is 0 Å². The molecule has 2 rings (SSSR count). The molecule has 6 heteroatoms. The van der Waals surface area contributed by atoms with Crippen molar-refractivity contribution in [3.05, 3.63) is 59.4 Å². The Morgan fingerprint density at radius 2 is 1.82 bits per heavy atom. The van der Waals surface area contributed by atoms with E-state index in [9.17, 15) is 4.79 Å². The molecule has 2 aromatic rings. The van der Waals surface area contributed by atoms with Crippen molar-refractivity contribution in [2.75, 3.05) is 12.3 Å². The molecule has 0 atom stereocenters. The minimum Gasteiger partial charge on any atom is -0.490 e. The van der Waals surface area contributed by atoms with E-state index < -0.39 is 5.54 Å². The number of hydrogen-bond acceptors (Lipinski definition) is 5. The Morgan fingerprint density at radius 1 is 1.21 bits per heavy atom. The molecule has 1 aromatic heterocycles. The molecule has 0 unspecified atom stereocenters.